The third kappa shape index (κ3) is 6.90. The molecule has 8 heteroatoms. The van der Waals surface area contributed by atoms with Crippen molar-refractivity contribution in [2.24, 2.45) is 0 Å². The number of β-amino-alcohol motifs (C(OH)–C–C–N with tert-alkyl or cyclic N) is 1. The van der Waals surface area contributed by atoms with Crippen LogP contribution in [0.5, 0.6) is 0 Å². The van der Waals surface area contributed by atoms with E-state index in [1.807, 2.05) is 65.6 Å². The van der Waals surface area contributed by atoms with Crippen LogP contribution < -0.4 is 10.2 Å². The highest BCUT2D eigenvalue weighted by molar-refractivity contribution is 5.91. The first-order valence-electron chi connectivity index (χ1n) is 12.1. The number of nitrogens with one attached hydrogen (secondary N) is 1. The van der Waals surface area contributed by atoms with Crippen LogP contribution in [-0.4, -0.2) is 59.1 Å². The number of rotatable bonds is 10. The molecule has 2 atom stereocenters. The maximum atomic E-state index is 12.7. The number of pyridine rings is 1. The number of aromatic nitrogens is 1. The number of hydrogen-bond donors (Lipinski definition) is 2. The van der Waals surface area contributed by atoms with Gasteiger partial charge in [0.15, 0.2) is 0 Å². The van der Waals surface area contributed by atoms with Gasteiger partial charge in [0, 0.05) is 25.8 Å². The monoisotopic (exact) mass is 488 g/mol. The zero-order valence-electron chi connectivity index (χ0n) is 20.4. The van der Waals surface area contributed by atoms with Gasteiger partial charge in [0.05, 0.1) is 36.3 Å². The first kappa shape index (κ1) is 25.3. The zero-order valence-corrected chi connectivity index (χ0v) is 20.4. The third-order valence-electron chi connectivity index (χ3n) is 6.19. The van der Waals surface area contributed by atoms with E-state index in [1.54, 1.807) is 25.4 Å². The van der Waals surface area contributed by atoms with E-state index < -0.39 is 6.09 Å². The van der Waals surface area contributed by atoms with Gasteiger partial charge in [0.1, 0.15) is 12.4 Å². The summed E-state index contributed by atoms with van der Waals surface area (Å²) in [6, 6.07) is 21.0. The van der Waals surface area contributed by atoms with E-state index in [4.69, 9.17) is 4.74 Å². The molecule has 1 fully saturated rings. The fourth-order valence-electron chi connectivity index (χ4n) is 4.49. The molecule has 1 amide bonds. The fourth-order valence-corrected chi connectivity index (χ4v) is 4.49. The second kappa shape index (κ2) is 12.3. The van der Waals surface area contributed by atoms with Gasteiger partial charge < -0.3 is 14.7 Å². The van der Waals surface area contributed by atoms with Crippen LogP contribution >= 0.6 is 0 Å². The van der Waals surface area contributed by atoms with Crippen LogP contribution in [0.25, 0.3) is 0 Å². The van der Waals surface area contributed by atoms with E-state index >= 15 is 0 Å². The lowest BCUT2D eigenvalue weighted by Crippen LogP contribution is -2.40. The van der Waals surface area contributed by atoms with Crippen LogP contribution in [0, 0.1) is 0 Å². The molecule has 0 aliphatic carbocycles. The topological polar surface area (TPSA) is 95.0 Å². The molecule has 0 radical (unpaired) electrons. The summed E-state index contributed by atoms with van der Waals surface area (Å²) in [5, 5.41) is 12.9. The second-order valence-electron chi connectivity index (χ2n) is 9.04. The predicted octanol–water partition coefficient (Wildman–Crippen LogP) is 4.03. The number of anilines is 2. The van der Waals surface area contributed by atoms with E-state index in [2.05, 4.69) is 15.2 Å². The van der Waals surface area contributed by atoms with Crippen LogP contribution in [0.4, 0.5) is 16.2 Å². The maximum absolute atomic E-state index is 12.7. The third-order valence-corrected chi connectivity index (χ3v) is 6.19. The van der Waals surface area contributed by atoms with Gasteiger partial charge >= 0.3 is 6.09 Å². The summed E-state index contributed by atoms with van der Waals surface area (Å²) in [4.78, 5) is 33.5. The molecule has 4 rings (SSSR count). The van der Waals surface area contributed by atoms with Crippen LogP contribution in [0.1, 0.15) is 30.5 Å². The lowest BCUT2D eigenvalue weighted by Gasteiger charge is -2.36. The minimum Gasteiger partial charge on any atom is -0.444 e. The number of amides is 1. The van der Waals surface area contributed by atoms with Gasteiger partial charge in [-0.3, -0.25) is 20.0 Å². The quantitative estimate of drug-likeness (QED) is 0.445. The smallest absolute Gasteiger partial charge is 0.412 e. The zero-order chi connectivity index (χ0) is 25.3. The van der Waals surface area contributed by atoms with Crippen molar-refractivity contribution in [2.45, 2.75) is 32.1 Å². The van der Waals surface area contributed by atoms with E-state index in [0.29, 0.717) is 24.5 Å². The Morgan fingerprint density at radius 1 is 1.14 bits per heavy atom. The summed E-state index contributed by atoms with van der Waals surface area (Å²) in [6.45, 7) is 3.83. The Balaban J connectivity index is 1.60. The molecule has 188 valence electrons. The molecule has 1 aliphatic heterocycles. The van der Waals surface area contributed by atoms with Crippen molar-refractivity contribution in [3.05, 3.63) is 90.3 Å². The van der Waals surface area contributed by atoms with Crippen molar-refractivity contribution in [2.75, 3.05) is 36.4 Å². The Bertz CT molecular complexity index is 1140. The molecule has 8 nitrogen and oxygen atoms in total. The highest BCUT2D eigenvalue weighted by atomic mass is 16.5. The highest BCUT2D eigenvalue weighted by Crippen LogP contribution is 2.34. The number of carbonyl (C=O) groups is 2. The Labute approximate surface area is 211 Å². The number of benzene rings is 2. The number of Topliss-reactive ketones (excluding diaryl/α,β-unsaturated/α-hetero) is 1. The lowest BCUT2D eigenvalue weighted by molar-refractivity contribution is -0.115. The molecule has 36 heavy (non-hydrogen) atoms. The average molecular weight is 489 g/mol. The molecule has 0 bridgehead atoms. The molecule has 2 aromatic carbocycles. The van der Waals surface area contributed by atoms with Gasteiger partial charge in [-0.2, -0.15) is 0 Å². The number of aliphatic hydroxyl groups excluding tert-OH is 1. The molecule has 2 heterocycles. The summed E-state index contributed by atoms with van der Waals surface area (Å²) < 4.78 is 5.41. The molecule has 1 saturated heterocycles. The molecule has 1 aliphatic rings. The van der Waals surface area contributed by atoms with Crippen LogP contribution in [-0.2, 0) is 16.1 Å². The number of aliphatic hydroxyl groups is 1. The number of ether oxygens (including phenoxy) is 1. The van der Waals surface area contributed by atoms with Crippen LogP contribution in [0.3, 0.4) is 0 Å². The minimum atomic E-state index is -0.602. The van der Waals surface area contributed by atoms with E-state index in [0.717, 1.165) is 24.1 Å². The maximum Gasteiger partial charge on any atom is 0.412 e. The van der Waals surface area contributed by atoms with Crippen LogP contribution in [0.2, 0.25) is 0 Å². The molecule has 2 N–H and O–H groups in total. The molecule has 0 saturated carbocycles. The van der Waals surface area contributed by atoms with Crippen molar-refractivity contribution in [1.82, 2.24) is 9.88 Å². The predicted molar refractivity (Wildman–Crippen MR) is 139 cm³/mol. The Hall–Kier alpha value is -3.75. The first-order valence-corrected chi connectivity index (χ1v) is 12.1. The molecule has 1 aromatic heterocycles. The minimum absolute atomic E-state index is 0.00759. The number of hydrogen-bond acceptors (Lipinski definition) is 7. The summed E-state index contributed by atoms with van der Waals surface area (Å²) in [5.74, 6) is -0.00759. The van der Waals surface area contributed by atoms with Gasteiger partial charge in [-0.05, 0) is 30.5 Å². The highest BCUT2D eigenvalue weighted by Gasteiger charge is 2.29. The Morgan fingerprint density at radius 3 is 2.53 bits per heavy atom. The first-order chi connectivity index (χ1) is 17.5. The SMILES string of the molecule is CC(=O)CN(c1ccncc1NC(=O)OCc1ccccc1)C(CN1CCC(O)C1)c1ccccc1. The second-order valence-corrected chi connectivity index (χ2v) is 9.04. The van der Waals surface area contributed by atoms with Crippen molar-refractivity contribution in [1.29, 1.82) is 0 Å². The summed E-state index contributed by atoms with van der Waals surface area (Å²) >= 11 is 0. The molecular weight excluding hydrogens is 456 g/mol. The number of likely N-dealkylation sites (tertiary alicyclic amines) is 1. The molecular formula is C28H32N4O4. The van der Waals surface area contributed by atoms with Crippen molar-refractivity contribution >= 4 is 23.3 Å². The summed E-state index contributed by atoms with van der Waals surface area (Å²) in [6.07, 6.45) is 2.98. The average Bonchev–Trinajstić information content (AvgIpc) is 3.31. The Morgan fingerprint density at radius 2 is 1.86 bits per heavy atom. The fraction of sp³-hybridized carbons (Fsp3) is 0.321. The largest absolute Gasteiger partial charge is 0.444 e. The van der Waals surface area contributed by atoms with Gasteiger partial charge in [-0.25, -0.2) is 4.79 Å². The molecule has 2 unspecified atom stereocenters. The number of nitrogens with zero attached hydrogens (tertiary/aromatic N) is 3. The van der Waals surface area contributed by atoms with Gasteiger partial charge in [0.25, 0.3) is 0 Å². The van der Waals surface area contributed by atoms with Gasteiger partial charge in [0.2, 0.25) is 0 Å². The molecule has 0 spiro atoms. The van der Waals surface area contributed by atoms with Crippen LogP contribution in [0.15, 0.2) is 79.1 Å². The Kier molecular flexibility index (Phi) is 8.65. The normalized spacial score (nSPS) is 16.3. The van der Waals surface area contributed by atoms with Crippen molar-refractivity contribution in [3.63, 3.8) is 0 Å². The van der Waals surface area contributed by atoms with Gasteiger partial charge in [-0.15, -0.1) is 0 Å². The van der Waals surface area contributed by atoms with Crippen molar-refractivity contribution < 1.29 is 19.4 Å². The number of ketones is 1. The summed E-state index contributed by atoms with van der Waals surface area (Å²) in [5.41, 5.74) is 3.05. The van der Waals surface area contributed by atoms with E-state index in [9.17, 15) is 14.7 Å². The van der Waals surface area contributed by atoms with E-state index in [1.165, 1.54) is 0 Å². The lowest BCUT2D eigenvalue weighted by atomic mass is 10.0. The summed E-state index contributed by atoms with van der Waals surface area (Å²) in [7, 11) is 0. The number of carbonyl (C=O) groups excluding carboxylic acids is 2. The molecule has 3 aromatic rings. The van der Waals surface area contributed by atoms with Crippen molar-refractivity contribution in [3.8, 4) is 0 Å². The standard InChI is InChI=1S/C28H32N4O4/c1-21(33)17-32(27(23-10-6-3-7-11-23)19-31-15-13-24(34)18-31)26-12-14-29-16-25(26)30-28(35)36-20-22-8-4-2-5-9-22/h2-12,14,16,24,27,34H,13,15,17-20H2,1H3,(H,30,35). The van der Waals surface area contributed by atoms with E-state index in [-0.39, 0.29) is 31.1 Å². The van der Waals surface area contributed by atoms with Gasteiger partial charge in [-0.1, -0.05) is 60.7 Å².